The van der Waals surface area contributed by atoms with Crippen molar-refractivity contribution in [2.45, 2.75) is 77.4 Å². The zero-order valence-electron chi connectivity index (χ0n) is 19.7. The first-order chi connectivity index (χ1) is 13.9. The van der Waals surface area contributed by atoms with E-state index in [1.54, 1.807) is 0 Å². The highest BCUT2D eigenvalue weighted by Gasteiger charge is 2.39. The summed E-state index contributed by atoms with van der Waals surface area (Å²) in [4.78, 5) is 7.21. The molecule has 2 N–H and O–H groups in total. The van der Waals surface area contributed by atoms with Gasteiger partial charge in [0.1, 0.15) is 0 Å². The molecule has 0 aromatic rings. The van der Waals surface area contributed by atoms with Crippen LogP contribution in [0.25, 0.3) is 0 Å². The second kappa shape index (κ2) is 12.2. The second-order valence-electron chi connectivity index (χ2n) is 10.3. The van der Waals surface area contributed by atoms with Crippen LogP contribution in [0.3, 0.4) is 0 Å². The Morgan fingerprint density at radius 3 is 2.37 bits per heavy atom. The summed E-state index contributed by atoms with van der Waals surface area (Å²) in [5.74, 6) is 1.46. The van der Waals surface area contributed by atoms with E-state index < -0.39 is 0 Å². The number of ether oxygens (including phenoxy) is 2. The third kappa shape index (κ3) is 6.94. The van der Waals surface area contributed by atoms with Gasteiger partial charge in [0.25, 0.3) is 0 Å². The highest BCUT2D eigenvalue weighted by atomic mass is 127. The molecule has 0 aromatic carbocycles. The molecule has 2 saturated heterocycles. The monoisotopic (exact) mass is 536 g/mol. The molecule has 176 valence electrons. The van der Waals surface area contributed by atoms with Crippen molar-refractivity contribution in [2.24, 2.45) is 16.3 Å². The predicted octanol–water partition coefficient (Wildman–Crippen LogP) is 3.65. The third-order valence-corrected chi connectivity index (χ3v) is 7.10. The average Bonchev–Trinajstić information content (AvgIpc) is 2.75. The molecule has 0 radical (unpaired) electrons. The number of guanidine groups is 1. The summed E-state index contributed by atoms with van der Waals surface area (Å²) in [6.07, 6.45) is 9.28. The van der Waals surface area contributed by atoms with Crippen LogP contribution in [0.4, 0.5) is 0 Å². The molecule has 6 nitrogen and oxygen atoms in total. The van der Waals surface area contributed by atoms with Crippen LogP contribution < -0.4 is 10.6 Å². The largest absolute Gasteiger partial charge is 0.379 e. The number of aliphatic imine (C=N–C) groups is 1. The molecule has 2 unspecified atom stereocenters. The lowest BCUT2D eigenvalue weighted by Crippen LogP contribution is -2.60. The Labute approximate surface area is 201 Å². The number of halogens is 1. The molecule has 0 spiro atoms. The zero-order chi connectivity index (χ0) is 20.7. The van der Waals surface area contributed by atoms with Gasteiger partial charge in [-0.2, -0.15) is 0 Å². The van der Waals surface area contributed by atoms with E-state index in [-0.39, 0.29) is 34.9 Å². The molecule has 1 aliphatic carbocycles. The molecular weight excluding hydrogens is 491 g/mol. The van der Waals surface area contributed by atoms with Crippen LogP contribution in [0.2, 0.25) is 0 Å². The van der Waals surface area contributed by atoms with Crippen LogP contribution in [0.15, 0.2) is 4.99 Å². The highest BCUT2D eigenvalue weighted by Crippen LogP contribution is 2.35. The Balaban J connectivity index is 0.00000320. The molecule has 3 rings (SSSR count). The summed E-state index contributed by atoms with van der Waals surface area (Å²) in [7, 11) is 1.89. The zero-order valence-corrected chi connectivity index (χ0v) is 22.0. The molecule has 30 heavy (non-hydrogen) atoms. The quantitative estimate of drug-likeness (QED) is 0.319. The lowest BCUT2D eigenvalue weighted by atomic mass is 9.78. The van der Waals surface area contributed by atoms with E-state index in [2.05, 4.69) is 41.3 Å². The Morgan fingerprint density at radius 2 is 1.73 bits per heavy atom. The summed E-state index contributed by atoms with van der Waals surface area (Å²) in [5, 5.41) is 7.30. The van der Waals surface area contributed by atoms with Crippen molar-refractivity contribution in [1.82, 2.24) is 15.5 Å². The number of nitrogens with one attached hydrogen (secondary N) is 2. The van der Waals surface area contributed by atoms with Crippen molar-refractivity contribution in [3.8, 4) is 0 Å². The fourth-order valence-corrected chi connectivity index (χ4v) is 5.56. The summed E-state index contributed by atoms with van der Waals surface area (Å²) in [6, 6.07) is 0. The van der Waals surface area contributed by atoms with Gasteiger partial charge in [-0.05, 0) is 31.1 Å². The Morgan fingerprint density at radius 1 is 1.03 bits per heavy atom. The summed E-state index contributed by atoms with van der Waals surface area (Å²) < 4.78 is 11.8. The molecule has 3 fully saturated rings. The number of hydrogen-bond donors (Lipinski definition) is 2. The molecule has 3 aliphatic rings. The van der Waals surface area contributed by atoms with Gasteiger partial charge in [0.2, 0.25) is 0 Å². The highest BCUT2D eigenvalue weighted by molar-refractivity contribution is 14.0. The molecule has 0 amide bonds. The standard InChI is InChI=1S/C23H44N4O2.HI/c1-22(2,3)20-19(9-8-14-29-20)17-25-21(24-4)26-18-23(10-6-5-7-11-23)27-12-15-28-16-13-27;/h19-20H,5-18H2,1-4H3,(H2,24,25,26);1H. The van der Waals surface area contributed by atoms with Crippen molar-refractivity contribution in [3.63, 3.8) is 0 Å². The van der Waals surface area contributed by atoms with E-state index in [1.165, 1.54) is 38.5 Å². The van der Waals surface area contributed by atoms with Crippen molar-refractivity contribution in [2.75, 3.05) is 53.0 Å². The van der Waals surface area contributed by atoms with Crippen molar-refractivity contribution in [1.29, 1.82) is 0 Å². The molecule has 2 aliphatic heterocycles. The van der Waals surface area contributed by atoms with Gasteiger partial charge in [0, 0.05) is 51.3 Å². The maximum absolute atomic E-state index is 6.15. The van der Waals surface area contributed by atoms with Crippen LogP contribution >= 0.6 is 24.0 Å². The SMILES string of the molecule is CN=C(NCC1CCCOC1C(C)(C)C)NCC1(N2CCOCC2)CCCCC1.I. The topological polar surface area (TPSA) is 58.1 Å². The summed E-state index contributed by atoms with van der Waals surface area (Å²) in [6.45, 7) is 13.5. The van der Waals surface area contributed by atoms with Crippen LogP contribution in [-0.2, 0) is 9.47 Å². The number of hydrogen-bond acceptors (Lipinski definition) is 4. The number of nitrogens with zero attached hydrogens (tertiary/aromatic N) is 2. The molecule has 2 heterocycles. The lowest BCUT2D eigenvalue weighted by molar-refractivity contribution is -0.0835. The third-order valence-electron chi connectivity index (χ3n) is 7.10. The van der Waals surface area contributed by atoms with Gasteiger partial charge in [-0.1, -0.05) is 40.0 Å². The number of morpholine rings is 1. The van der Waals surface area contributed by atoms with Gasteiger partial charge in [-0.25, -0.2) is 0 Å². The van der Waals surface area contributed by atoms with E-state index >= 15 is 0 Å². The van der Waals surface area contributed by atoms with Gasteiger partial charge < -0.3 is 20.1 Å². The molecule has 1 saturated carbocycles. The lowest BCUT2D eigenvalue weighted by Gasteiger charge is -2.48. The van der Waals surface area contributed by atoms with E-state index in [0.717, 1.165) is 58.4 Å². The Kier molecular flexibility index (Phi) is 10.6. The fourth-order valence-electron chi connectivity index (χ4n) is 5.56. The van der Waals surface area contributed by atoms with Crippen LogP contribution in [0.5, 0.6) is 0 Å². The van der Waals surface area contributed by atoms with Gasteiger partial charge in [0.05, 0.1) is 19.3 Å². The number of rotatable bonds is 5. The van der Waals surface area contributed by atoms with Crippen LogP contribution in [-0.4, -0.2) is 75.5 Å². The first kappa shape index (κ1) is 26.1. The molecule has 0 aromatic heterocycles. The summed E-state index contributed by atoms with van der Waals surface area (Å²) >= 11 is 0. The van der Waals surface area contributed by atoms with E-state index in [4.69, 9.17) is 9.47 Å². The average molecular weight is 537 g/mol. The molecule has 7 heteroatoms. The molecule has 0 bridgehead atoms. The Hall–Kier alpha value is -0.120. The minimum Gasteiger partial charge on any atom is -0.379 e. The normalized spacial score (nSPS) is 28.5. The minimum absolute atomic E-state index is 0. The maximum atomic E-state index is 6.15. The van der Waals surface area contributed by atoms with Gasteiger partial charge in [-0.3, -0.25) is 9.89 Å². The summed E-state index contributed by atoms with van der Waals surface area (Å²) in [5.41, 5.74) is 0.424. The predicted molar refractivity (Wildman–Crippen MR) is 135 cm³/mol. The minimum atomic E-state index is 0. The second-order valence-corrected chi connectivity index (χ2v) is 10.3. The van der Waals surface area contributed by atoms with Gasteiger partial charge in [0.15, 0.2) is 5.96 Å². The van der Waals surface area contributed by atoms with Crippen molar-refractivity contribution < 1.29 is 9.47 Å². The van der Waals surface area contributed by atoms with E-state index in [0.29, 0.717) is 12.0 Å². The molecular formula is C23H45IN4O2. The van der Waals surface area contributed by atoms with Crippen molar-refractivity contribution in [3.05, 3.63) is 0 Å². The first-order valence-corrected chi connectivity index (χ1v) is 11.8. The van der Waals surface area contributed by atoms with Gasteiger partial charge in [-0.15, -0.1) is 24.0 Å². The van der Waals surface area contributed by atoms with Gasteiger partial charge >= 0.3 is 0 Å². The molecule has 2 atom stereocenters. The van der Waals surface area contributed by atoms with Crippen LogP contribution in [0.1, 0.15) is 65.7 Å². The van der Waals surface area contributed by atoms with E-state index in [9.17, 15) is 0 Å². The fraction of sp³-hybridized carbons (Fsp3) is 0.957. The first-order valence-electron chi connectivity index (χ1n) is 11.8. The Bertz CT molecular complexity index is 526. The smallest absolute Gasteiger partial charge is 0.191 e. The van der Waals surface area contributed by atoms with E-state index in [1.807, 2.05) is 7.05 Å². The maximum Gasteiger partial charge on any atom is 0.191 e. The van der Waals surface area contributed by atoms with Crippen molar-refractivity contribution >= 4 is 29.9 Å². The van der Waals surface area contributed by atoms with Crippen LogP contribution in [0, 0.1) is 11.3 Å².